The standard InChI is InChI=1S/C26H26N4O3/c1-32-23-13-19-10-12-29(15-20(19)14-24(23)33-2)17-26(31)27-21-8-6-18(7-9-21)22-16-30-11-4-3-5-25(30)28-22/h3-9,11,13-14,16H,10,12,15,17H2,1-2H3,(H,27,31). The minimum Gasteiger partial charge on any atom is -0.493 e. The fourth-order valence-corrected chi connectivity index (χ4v) is 4.28. The van der Waals surface area contributed by atoms with Crippen molar-refractivity contribution in [2.45, 2.75) is 13.0 Å². The van der Waals surface area contributed by atoms with Gasteiger partial charge in [-0.05, 0) is 53.9 Å². The van der Waals surface area contributed by atoms with Crippen molar-refractivity contribution in [1.29, 1.82) is 0 Å². The van der Waals surface area contributed by atoms with Crippen molar-refractivity contribution >= 4 is 17.2 Å². The highest BCUT2D eigenvalue weighted by Gasteiger charge is 2.21. The van der Waals surface area contributed by atoms with Gasteiger partial charge in [0.1, 0.15) is 5.65 Å². The van der Waals surface area contributed by atoms with Gasteiger partial charge in [0.25, 0.3) is 0 Å². The molecule has 3 heterocycles. The van der Waals surface area contributed by atoms with Crippen molar-refractivity contribution in [3.8, 4) is 22.8 Å². The SMILES string of the molecule is COc1cc2c(cc1OC)CN(CC(=O)Nc1ccc(-c3cn4ccccc4n3)cc1)CC2. The lowest BCUT2D eigenvalue weighted by molar-refractivity contribution is -0.117. The lowest BCUT2D eigenvalue weighted by Gasteiger charge is -2.29. The number of carbonyl (C=O) groups excluding carboxylic acids is 1. The van der Waals surface area contributed by atoms with Crippen LogP contribution in [-0.4, -0.2) is 47.5 Å². The van der Waals surface area contributed by atoms with E-state index >= 15 is 0 Å². The number of hydrogen-bond acceptors (Lipinski definition) is 5. The van der Waals surface area contributed by atoms with Crippen molar-refractivity contribution in [3.63, 3.8) is 0 Å². The molecule has 0 saturated carbocycles. The Hall–Kier alpha value is -3.84. The first-order valence-corrected chi connectivity index (χ1v) is 10.9. The number of amides is 1. The van der Waals surface area contributed by atoms with E-state index in [0.29, 0.717) is 18.8 Å². The average Bonchev–Trinajstić information content (AvgIpc) is 3.28. The second kappa shape index (κ2) is 8.96. The van der Waals surface area contributed by atoms with Gasteiger partial charge in [-0.2, -0.15) is 0 Å². The summed E-state index contributed by atoms with van der Waals surface area (Å²) in [4.78, 5) is 19.5. The Kier molecular flexibility index (Phi) is 5.71. The quantitative estimate of drug-likeness (QED) is 0.489. The number of aromatic nitrogens is 2. The Morgan fingerprint density at radius 3 is 2.52 bits per heavy atom. The molecular formula is C26H26N4O3. The summed E-state index contributed by atoms with van der Waals surface area (Å²) >= 11 is 0. The summed E-state index contributed by atoms with van der Waals surface area (Å²) < 4.78 is 12.8. The van der Waals surface area contributed by atoms with Crippen LogP contribution in [0.2, 0.25) is 0 Å². The molecule has 0 saturated heterocycles. The predicted octanol–water partition coefficient (Wildman–Crippen LogP) is 4.02. The summed E-state index contributed by atoms with van der Waals surface area (Å²) in [5, 5.41) is 3.01. The van der Waals surface area contributed by atoms with E-state index in [4.69, 9.17) is 9.47 Å². The second-order valence-electron chi connectivity index (χ2n) is 8.15. The first kappa shape index (κ1) is 21.0. The van der Waals surface area contributed by atoms with E-state index in [2.05, 4.69) is 15.2 Å². The van der Waals surface area contributed by atoms with Crippen LogP contribution in [0.5, 0.6) is 11.5 Å². The Labute approximate surface area is 192 Å². The molecule has 7 nitrogen and oxygen atoms in total. The number of fused-ring (bicyclic) bond motifs is 2. The minimum atomic E-state index is -0.0283. The number of nitrogens with zero attached hydrogens (tertiary/aromatic N) is 3. The second-order valence-corrected chi connectivity index (χ2v) is 8.15. The molecule has 7 heteroatoms. The van der Waals surface area contributed by atoms with Crippen LogP contribution in [0.25, 0.3) is 16.9 Å². The molecular weight excluding hydrogens is 416 g/mol. The zero-order valence-corrected chi connectivity index (χ0v) is 18.7. The number of benzene rings is 2. The van der Waals surface area contributed by atoms with E-state index in [1.54, 1.807) is 14.2 Å². The van der Waals surface area contributed by atoms with E-state index < -0.39 is 0 Å². The number of anilines is 1. The zero-order valence-electron chi connectivity index (χ0n) is 18.7. The predicted molar refractivity (Wildman–Crippen MR) is 128 cm³/mol. The average molecular weight is 443 g/mol. The van der Waals surface area contributed by atoms with Gasteiger partial charge in [0.2, 0.25) is 5.91 Å². The molecule has 0 unspecified atom stereocenters. The van der Waals surface area contributed by atoms with Crippen LogP contribution < -0.4 is 14.8 Å². The van der Waals surface area contributed by atoms with Gasteiger partial charge >= 0.3 is 0 Å². The Morgan fingerprint density at radius 1 is 1.03 bits per heavy atom. The number of imidazole rings is 1. The Balaban J connectivity index is 1.21. The van der Waals surface area contributed by atoms with Crippen LogP contribution in [0.4, 0.5) is 5.69 Å². The number of nitrogens with one attached hydrogen (secondary N) is 1. The van der Waals surface area contributed by atoms with E-state index in [9.17, 15) is 4.79 Å². The van der Waals surface area contributed by atoms with Crippen LogP contribution in [0, 0.1) is 0 Å². The molecule has 2 aromatic heterocycles. The number of hydrogen-bond donors (Lipinski definition) is 1. The monoisotopic (exact) mass is 442 g/mol. The topological polar surface area (TPSA) is 68.1 Å². The number of carbonyl (C=O) groups is 1. The van der Waals surface area contributed by atoms with Crippen molar-refractivity contribution in [1.82, 2.24) is 14.3 Å². The van der Waals surface area contributed by atoms with Crippen molar-refractivity contribution in [2.75, 3.05) is 32.6 Å². The molecule has 1 amide bonds. The van der Waals surface area contributed by atoms with Crippen molar-refractivity contribution in [2.24, 2.45) is 0 Å². The molecule has 5 rings (SSSR count). The third kappa shape index (κ3) is 4.40. The Bertz CT molecular complexity index is 1260. The molecule has 2 aromatic carbocycles. The van der Waals surface area contributed by atoms with Gasteiger partial charge in [-0.25, -0.2) is 4.98 Å². The van der Waals surface area contributed by atoms with Gasteiger partial charge in [-0.1, -0.05) is 18.2 Å². The van der Waals surface area contributed by atoms with Crippen LogP contribution in [-0.2, 0) is 17.8 Å². The van der Waals surface area contributed by atoms with Gasteiger partial charge in [0, 0.05) is 36.7 Å². The lowest BCUT2D eigenvalue weighted by Crippen LogP contribution is -2.37. The maximum Gasteiger partial charge on any atom is 0.238 e. The smallest absolute Gasteiger partial charge is 0.238 e. The highest BCUT2D eigenvalue weighted by molar-refractivity contribution is 5.92. The summed E-state index contributed by atoms with van der Waals surface area (Å²) in [6.07, 6.45) is 4.85. The van der Waals surface area contributed by atoms with E-state index in [-0.39, 0.29) is 5.91 Å². The number of methoxy groups -OCH3 is 2. The molecule has 1 aliphatic heterocycles. The normalized spacial score (nSPS) is 13.5. The fraction of sp³-hybridized carbons (Fsp3) is 0.231. The van der Waals surface area contributed by atoms with E-state index in [1.807, 2.05) is 71.4 Å². The fourth-order valence-electron chi connectivity index (χ4n) is 4.28. The molecule has 4 aromatic rings. The largest absolute Gasteiger partial charge is 0.493 e. The van der Waals surface area contributed by atoms with E-state index in [0.717, 1.165) is 41.3 Å². The number of ether oxygens (including phenoxy) is 2. The Morgan fingerprint density at radius 2 is 1.79 bits per heavy atom. The molecule has 33 heavy (non-hydrogen) atoms. The van der Waals surface area contributed by atoms with Gasteiger partial charge in [-0.3, -0.25) is 9.69 Å². The van der Waals surface area contributed by atoms with E-state index in [1.165, 1.54) is 11.1 Å². The summed E-state index contributed by atoms with van der Waals surface area (Å²) in [5.74, 6) is 1.43. The highest BCUT2D eigenvalue weighted by atomic mass is 16.5. The zero-order chi connectivity index (χ0) is 22.8. The lowest BCUT2D eigenvalue weighted by atomic mass is 9.99. The molecule has 1 aliphatic rings. The van der Waals surface area contributed by atoms with Gasteiger partial charge in [0.05, 0.1) is 26.5 Å². The van der Waals surface area contributed by atoms with Crippen LogP contribution >= 0.6 is 0 Å². The summed E-state index contributed by atoms with van der Waals surface area (Å²) in [7, 11) is 3.28. The molecule has 168 valence electrons. The van der Waals surface area contributed by atoms with Crippen molar-refractivity contribution in [3.05, 3.63) is 78.1 Å². The third-order valence-corrected chi connectivity index (χ3v) is 5.99. The summed E-state index contributed by atoms with van der Waals surface area (Å²) in [6.45, 7) is 1.86. The summed E-state index contributed by atoms with van der Waals surface area (Å²) in [5.41, 5.74) is 6.00. The van der Waals surface area contributed by atoms with Gasteiger partial charge in [-0.15, -0.1) is 0 Å². The van der Waals surface area contributed by atoms with Gasteiger partial charge < -0.3 is 19.2 Å². The third-order valence-electron chi connectivity index (χ3n) is 5.99. The molecule has 0 atom stereocenters. The first-order chi connectivity index (χ1) is 16.1. The molecule has 0 radical (unpaired) electrons. The summed E-state index contributed by atoms with van der Waals surface area (Å²) in [6, 6.07) is 17.8. The molecule has 0 spiro atoms. The molecule has 0 bridgehead atoms. The maximum atomic E-state index is 12.7. The van der Waals surface area contributed by atoms with Gasteiger partial charge in [0.15, 0.2) is 11.5 Å². The highest BCUT2D eigenvalue weighted by Crippen LogP contribution is 2.33. The van der Waals surface area contributed by atoms with Crippen LogP contribution in [0.1, 0.15) is 11.1 Å². The maximum absolute atomic E-state index is 12.7. The van der Waals surface area contributed by atoms with Crippen LogP contribution in [0.15, 0.2) is 67.0 Å². The minimum absolute atomic E-state index is 0.0283. The van der Waals surface area contributed by atoms with Crippen LogP contribution in [0.3, 0.4) is 0 Å². The first-order valence-electron chi connectivity index (χ1n) is 10.9. The number of rotatable bonds is 6. The molecule has 1 N–H and O–H groups in total. The molecule has 0 fully saturated rings. The molecule has 0 aliphatic carbocycles. The van der Waals surface area contributed by atoms with Crippen molar-refractivity contribution < 1.29 is 14.3 Å². The number of pyridine rings is 1.